The van der Waals surface area contributed by atoms with Crippen molar-refractivity contribution in [2.45, 2.75) is 32.6 Å². The third-order valence-corrected chi connectivity index (χ3v) is 6.54. The van der Waals surface area contributed by atoms with E-state index in [1.807, 2.05) is 62.4 Å². The van der Waals surface area contributed by atoms with Gasteiger partial charge in [0.25, 0.3) is 5.82 Å². The van der Waals surface area contributed by atoms with Crippen molar-refractivity contribution < 1.29 is 19.0 Å². The highest BCUT2D eigenvalue weighted by molar-refractivity contribution is 6.30. The van der Waals surface area contributed by atoms with E-state index in [9.17, 15) is 9.59 Å². The largest absolute Gasteiger partial charge is 0.460 e. The molecule has 172 valence electrons. The quantitative estimate of drug-likeness (QED) is 0.545. The van der Waals surface area contributed by atoms with Crippen LogP contribution in [0.15, 0.2) is 82.2 Å². The number of hydrogen-bond donors (Lipinski definition) is 2. The predicted octanol–water partition coefficient (Wildman–Crippen LogP) is 5.19. The van der Waals surface area contributed by atoms with Crippen molar-refractivity contribution in [1.82, 2.24) is 5.32 Å². The van der Waals surface area contributed by atoms with Crippen molar-refractivity contribution in [1.29, 1.82) is 0 Å². The van der Waals surface area contributed by atoms with Crippen LogP contribution < -0.4 is 15.6 Å². The standard InChI is InChI=1S/C27H24ClN3O3/c1-15-11-12-29-23(13-15)31-27(33)24-16(2)30-19-7-4-8-20(32)25(19)26(24)22-10-9-21(34-22)17-5-3-6-18(28)14-17/h3,5-7,9-14,25-26,30H,4,8H2,1-2H3,(H,29,31,33)/p+1. The zero-order valence-electron chi connectivity index (χ0n) is 18.9. The molecule has 3 N–H and O–H groups in total. The maximum atomic E-state index is 13.6. The van der Waals surface area contributed by atoms with Gasteiger partial charge in [-0.05, 0) is 56.2 Å². The van der Waals surface area contributed by atoms with Crippen LogP contribution in [0.4, 0.5) is 5.82 Å². The SMILES string of the molecule is CC1=C(C(=O)Nc2cc(C)cc[nH+]2)C(c2ccc(-c3cccc(Cl)c3)o2)C2C(=O)CCC=C2N1. The third kappa shape index (κ3) is 4.17. The monoisotopic (exact) mass is 474 g/mol. The van der Waals surface area contributed by atoms with Gasteiger partial charge in [-0.25, -0.2) is 15.1 Å². The van der Waals surface area contributed by atoms with Crippen molar-refractivity contribution >= 4 is 29.1 Å². The number of H-pyrrole nitrogens is 1. The summed E-state index contributed by atoms with van der Waals surface area (Å²) in [6.45, 7) is 3.82. The normalized spacial score (nSPS) is 19.9. The molecule has 3 heterocycles. The minimum atomic E-state index is -0.543. The fourth-order valence-corrected chi connectivity index (χ4v) is 4.97. The maximum Gasteiger partial charge on any atom is 0.337 e. The van der Waals surface area contributed by atoms with Gasteiger partial charge in [0, 0.05) is 34.5 Å². The van der Waals surface area contributed by atoms with Gasteiger partial charge in [0.2, 0.25) is 0 Å². The number of nitrogens with one attached hydrogen (secondary N) is 3. The number of halogens is 1. The Hall–Kier alpha value is -3.64. The van der Waals surface area contributed by atoms with Crippen LogP contribution in [0.1, 0.15) is 37.0 Å². The first-order valence-corrected chi connectivity index (χ1v) is 11.6. The average Bonchev–Trinajstić information content (AvgIpc) is 3.28. The van der Waals surface area contributed by atoms with Gasteiger partial charge >= 0.3 is 5.91 Å². The minimum Gasteiger partial charge on any atom is -0.460 e. The number of rotatable bonds is 4. The molecule has 7 heteroatoms. The van der Waals surface area contributed by atoms with Gasteiger partial charge in [0.05, 0.1) is 23.6 Å². The highest BCUT2D eigenvalue weighted by Crippen LogP contribution is 2.45. The molecule has 1 aliphatic carbocycles. The number of carbonyl (C=O) groups excluding carboxylic acids is 2. The Balaban J connectivity index is 1.58. The van der Waals surface area contributed by atoms with Crippen LogP contribution in [0, 0.1) is 12.8 Å². The number of pyridine rings is 1. The molecule has 2 aliphatic rings. The number of benzene rings is 1. The van der Waals surface area contributed by atoms with E-state index < -0.39 is 11.8 Å². The minimum absolute atomic E-state index is 0.0932. The lowest BCUT2D eigenvalue weighted by Crippen LogP contribution is -2.41. The molecule has 1 amide bonds. The molecule has 0 radical (unpaired) electrons. The highest BCUT2D eigenvalue weighted by Gasteiger charge is 2.45. The molecule has 34 heavy (non-hydrogen) atoms. The molecule has 2 aromatic heterocycles. The fourth-order valence-electron chi connectivity index (χ4n) is 4.78. The van der Waals surface area contributed by atoms with E-state index in [0.717, 1.165) is 16.8 Å². The number of aromatic amines is 1. The molecule has 0 spiro atoms. The number of furan rings is 1. The first-order valence-electron chi connectivity index (χ1n) is 11.3. The number of ketones is 1. The predicted molar refractivity (Wildman–Crippen MR) is 130 cm³/mol. The lowest BCUT2D eigenvalue weighted by atomic mass is 9.72. The molecule has 5 rings (SSSR count). The Morgan fingerprint density at radius 3 is 2.79 bits per heavy atom. The van der Waals surface area contributed by atoms with Gasteiger partial charge in [0.1, 0.15) is 17.3 Å². The summed E-state index contributed by atoms with van der Waals surface area (Å²) >= 11 is 6.17. The number of amides is 1. The molecule has 0 bridgehead atoms. The number of anilines is 1. The van der Waals surface area contributed by atoms with Crippen molar-refractivity contribution in [3.05, 3.63) is 94.1 Å². The molecule has 0 fully saturated rings. The number of allylic oxidation sites excluding steroid dienone is 3. The van der Waals surface area contributed by atoms with E-state index in [0.29, 0.717) is 46.5 Å². The van der Waals surface area contributed by atoms with E-state index in [1.165, 1.54) is 0 Å². The lowest BCUT2D eigenvalue weighted by Gasteiger charge is -2.36. The number of hydrogen-bond acceptors (Lipinski definition) is 4. The summed E-state index contributed by atoms with van der Waals surface area (Å²) in [5.41, 5.74) is 3.87. The molecule has 0 saturated carbocycles. The van der Waals surface area contributed by atoms with Crippen molar-refractivity contribution in [3.8, 4) is 11.3 Å². The van der Waals surface area contributed by atoms with Crippen LogP contribution in [0.2, 0.25) is 5.02 Å². The number of aromatic nitrogens is 1. The number of Topliss-reactive ketones (excluding diaryl/α,β-unsaturated/α-hetero) is 1. The number of carbonyl (C=O) groups is 2. The van der Waals surface area contributed by atoms with E-state index in [1.54, 1.807) is 12.3 Å². The molecule has 0 saturated heterocycles. The van der Waals surface area contributed by atoms with Crippen molar-refractivity contribution in [2.24, 2.45) is 5.92 Å². The van der Waals surface area contributed by atoms with Crippen LogP contribution in [0.3, 0.4) is 0 Å². The molecule has 1 aromatic carbocycles. The topological polar surface area (TPSA) is 85.5 Å². The summed E-state index contributed by atoms with van der Waals surface area (Å²) in [7, 11) is 0. The van der Waals surface area contributed by atoms with E-state index in [4.69, 9.17) is 16.0 Å². The zero-order chi connectivity index (χ0) is 23.8. The molecule has 2 unspecified atom stereocenters. The molecule has 2 atom stereocenters. The van der Waals surface area contributed by atoms with Gasteiger partial charge < -0.3 is 9.73 Å². The van der Waals surface area contributed by atoms with Crippen LogP contribution in [0.5, 0.6) is 0 Å². The Kier molecular flexibility index (Phi) is 5.84. The van der Waals surface area contributed by atoms with Gasteiger partial charge in [-0.15, -0.1) is 0 Å². The van der Waals surface area contributed by atoms with Gasteiger partial charge in [0.15, 0.2) is 0 Å². The average molecular weight is 475 g/mol. The Labute approximate surface area is 202 Å². The van der Waals surface area contributed by atoms with Crippen molar-refractivity contribution in [2.75, 3.05) is 5.32 Å². The first kappa shape index (κ1) is 22.2. The highest BCUT2D eigenvalue weighted by atomic mass is 35.5. The molecule has 3 aromatic rings. The van der Waals surface area contributed by atoms with Crippen LogP contribution >= 0.6 is 11.6 Å². The zero-order valence-corrected chi connectivity index (χ0v) is 19.7. The van der Waals surface area contributed by atoms with E-state index in [2.05, 4.69) is 15.6 Å². The maximum absolute atomic E-state index is 13.6. The lowest BCUT2D eigenvalue weighted by molar-refractivity contribution is -0.360. The third-order valence-electron chi connectivity index (χ3n) is 6.31. The summed E-state index contributed by atoms with van der Waals surface area (Å²) in [5.74, 6) is 0.552. The molecule has 1 aliphatic heterocycles. The second-order valence-electron chi connectivity index (χ2n) is 8.73. The van der Waals surface area contributed by atoms with Crippen LogP contribution in [-0.4, -0.2) is 11.7 Å². The van der Waals surface area contributed by atoms with Gasteiger partial charge in [-0.1, -0.05) is 29.8 Å². The van der Waals surface area contributed by atoms with Crippen LogP contribution in [-0.2, 0) is 9.59 Å². The fraction of sp³-hybridized carbons (Fsp3) is 0.222. The Morgan fingerprint density at radius 1 is 1.15 bits per heavy atom. The summed E-state index contributed by atoms with van der Waals surface area (Å²) in [4.78, 5) is 29.7. The smallest absolute Gasteiger partial charge is 0.337 e. The summed E-state index contributed by atoms with van der Waals surface area (Å²) in [5, 5.41) is 6.88. The summed E-state index contributed by atoms with van der Waals surface area (Å²) < 4.78 is 6.27. The van der Waals surface area contributed by atoms with E-state index >= 15 is 0 Å². The van der Waals surface area contributed by atoms with E-state index in [-0.39, 0.29) is 11.7 Å². The first-order chi connectivity index (χ1) is 16.4. The van der Waals surface area contributed by atoms with Crippen LogP contribution in [0.25, 0.3) is 11.3 Å². The summed E-state index contributed by atoms with van der Waals surface area (Å²) in [6, 6.07) is 14.9. The van der Waals surface area contributed by atoms with Gasteiger partial charge in [-0.3, -0.25) is 4.79 Å². The molecular formula is C27H25ClN3O3+. The number of fused-ring (bicyclic) bond motifs is 1. The second kappa shape index (κ2) is 8.95. The Bertz CT molecular complexity index is 1350. The molecular weight excluding hydrogens is 450 g/mol. The Morgan fingerprint density at radius 2 is 2.00 bits per heavy atom. The molecule has 6 nitrogen and oxygen atoms in total. The summed E-state index contributed by atoms with van der Waals surface area (Å²) in [6.07, 6.45) is 4.95. The number of aryl methyl sites for hydroxylation is 1. The second-order valence-corrected chi connectivity index (χ2v) is 9.17. The van der Waals surface area contributed by atoms with Crippen molar-refractivity contribution in [3.63, 3.8) is 0 Å². The van der Waals surface area contributed by atoms with Gasteiger partial charge in [-0.2, -0.15) is 0 Å².